The number of nitrogens with one attached hydrogen (secondary N) is 1. The average molecular weight is 257 g/mol. The van der Waals surface area contributed by atoms with E-state index in [0.717, 1.165) is 6.07 Å². The Hall–Kier alpha value is -1.16. The minimum Gasteiger partial charge on any atom is -0.488 e. The fraction of sp³-hybridized carbons (Fsp3) is 0.571. The predicted molar refractivity (Wildman–Crippen MR) is 68.7 cm³/mol. The van der Waals surface area contributed by atoms with Crippen molar-refractivity contribution in [2.24, 2.45) is 0 Å². The highest BCUT2D eigenvalue weighted by Gasteiger charge is 2.16. The summed E-state index contributed by atoms with van der Waals surface area (Å²) >= 11 is 0. The van der Waals surface area contributed by atoms with Gasteiger partial charge in [-0.1, -0.05) is 0 Å². The molecular weight excluding hydrogens is 236 g/mol. The first-order chi connectivity index (χ1) is 8.19. The van der Waals surface area contributed by atoms with Gasteiger partial charge in [0, 0.05) is 23.7 Å². The molecule has 4 heteroatoms. The van der Waals surface area contributed by atoms with Crippen LogP contribution in [0.1, 0.15) is 40.2 Å². The van der Waals surface area contributed by atoms with Crippen LogP contribution in [0.2, 0.25) is 0 Å². The smallest absolute Gasteiger partial charge is 0.168 e. The molecule has 0 fully saturated rings. The molecule has 0 amide bonds. The molecule has 18 heavy (non-hydrogen) atoms. The maximum atomic E-state index is 13.7. The molecule has 1 aromatic rings. The highest BCUT2D eigenvalue weighted by molar-refractivity contribution is 5.36. The molecule has 0 atom stereocenters. The third-order valence-corrected chi connectivity index (χ3v) is 2.25. The van der Waals surface area contributed by atoms with Crippen molar-refractivity contribution in [3.63, 3.8) is 0 Å². The SMILES string of the molecule is CC(C)Oc1c(F)cc(F)cc1CNC(C)(C)C. The number of rotatable bonds is 4. The van der Waals surface area contributed by atoms with Gasteiger partial charge < -0.3 is 10.1 Å². The number of hydrogen-bond acceptors (Lipinski definition) is 2. The Morgan fingerprint density at radius 2 is 1.83 bits per heavy atom. The summed E-state index contributed by atoms with van der Waals surface area (Å²) < 4.78 is 32.4. The molecule has 0 saturated heterocycles. The Balaban J connectivity index is 3.00. The maximum absolute atomic E-state index is 13.7. The van der Waals surface area contributed by atoms with E-state index in [0.29, 0.717) is 12.1 Å². The normalized spacial score (nSPS) is 12.0. The molecule has 1 rings (SSSR count). The van der Waals surface area contributed by atoms with E-state index in [2.05, 4.69) is 5.32 Å². The second kappa shape index (κ2) is 5.65. The van der Waals surface area contributed by atoms with Crippen LogP contribution < -0.4 is 10.1 Å². The molecule has 102 valence electrons. The molecule has 0 unspecified atom stereocenters. The lowest BCUT2D eigenvalue weighted by Gasteiger charge is -2.22. The summed E-state index contributed by atoms with van der Waals surface area (Å²) in [6.45, 7) is 9.96. The van der Waals surface area contributed by atoms with Crippen molar-refractivity contribution < 1.29 is 13.5 Å². The maximum Gasteiger partial charge on any atom is 0.168 e. The summed E-state index contributed by atoms with van der Waals surface area (Å²) in [6, 6.07) is 2.15. The lowest BCUT2D eigenvalue weighted by molar-refractivity contribution is 0.226. The lowest BCUT2D eigenvalue weighted by atomic mass is 10.1. The van der Waals surface area contributed by atoms with E-state index in [1.807, 2.05) is 34.6 Å². The fourth-order valence-electron chi connectivity index (χ4n) is 1.47. The van der Waals surface area contributed by atoms with Crippen molar-refractivity contribution in [3.8, 4) is 5.75 Å². The summed E-state index contributed by atoms with van der Waals surface area (Å²) in [4.78, 5) is 0. The van der Waals surface area contributed by atoms with Gasteiger partial charge in [-0.15, -0.1) is 0 Å². The van der Waals surface area contributed by atoms with E-state index >= 15 is 0 Å². The van der Waals surface area contributed by atoms with Crippen molar-refractivity contribution in [2.75, 3.05) is 0 Å². The van der Waals surface area contributed by atoms with Gasteiger partial charge in [0.15, 0.2) is 11.6 Å². The van der Waals surface area contributed by atoms with Gasteiger partial charge in [0.25, 0.3) is 0 Å². The molecule has 0 spiro atoms. The van der Waals surface area contributed by atoms with Crippen LogP contribution in [0.25, 0.3) is 0 Å². The van der Waals surface area contributed by atoms with Gasteiger partial charge >= 0.3 is 0 Å². The molecule has 2 nitrogen and oxygen atoms in total. The van der Waals surface area contributed by atoms with Gasteiger partial charge in [0.1, 0.15) is 5.82 Å². The van der Waals surface area contributed by atoms with Crippen LogP contribution in [0.5, 0.6) is 5.75 Å². The zero-order valence-corrected chi connectivity index (χ0v) is 11.6. The van der Waals surface area contributed by atoms with Crippen molar-refractivity contribution in [3.05, 3.63) is 29.3 Å². The monoisotopic (exact) mass is 257 g/mol. The van der Waals surface area contributed by atoms with Crippen molar-refractivity contribution >= 4 is 0 Å². The van der Waals surface area contributed by atoms with E-state index < -0.39 is 11.6 Å². The van der Waals surface area contributed by atoms with Crippen LogP contribution in [0.3, 0.4) is 0 Å². The number of ether oxygens (including phenoxy) is 1. The van der Waals surface area contributed by atoms with Gasteiger partial charge in [0.05, 0.1) is 6.10 Å². The van der Waals surface area contributed by atoms with Crippen molar-refractivity contribution in [2.45, 2.75) is 52.8 Å². The van der Waals surface area contributed by atoms with E-state index in [1.165, 1.54) is 6.07 Å². The summed E-state index contributed by atoms with van der Waals surface area (Å²) in [5.74, 6) is -1.12. The van der Waals surface area contributed by atoms with Crippen LogP contribution in [0.4, 0.5) is 8.78 Å². The van der Waals surface area contributed by atoms with E-state index in [1.54, 1.807) is 0 Å². The van der Waals surface area contributed by atoms with Crippen molar-refractivity contribution in [1.29, 1.82) is 0 Å². The summed E-state index contributed by atoms with van der Waals surface area (Å²) in [6.07, 6.45) is -0.154. The average Bonchev–Trinajstić information content (AvgIpc) is 2.17. The van der Waals surface area contributed by atoms with E-state index in [-0.39, 0.29) is 17.4 Å². The minimum absolute atomic E-state index is 0.127. The number of benzene rings is 1. The topological polar surface area (TPSA) is 21.3 Å². The van der Waals surface area contributed by atoms with Crippen LogP contribution in [0, 0.1) is 11.6 Å². The summed E-state index contributed by atoms with van der Waals surface area (Å²) in [5.41, 5.74) is 0.369. The standard InChI is InChI=1S/C14H21F2NO/c1-9(2)18-13-10(8-17-14(3,4)5)6-11(15)7-12(13)16/h6-7,9,17H,8H2,1-5H3. The molecule has 0 radical (unpaired) electrons. The third kappa shape index (κ3) is 4.61. The summed E-state index contributed by atoms with van der Waals surface area (Å²) in [5, 5.41) is 3.19. The first kappa shape index (κ1) is 14.9. The Labute approximate surface area is 107 Å². The van der Waals surface area contributed by atoms with E-state index in [4.69, 9.17) is 4.74 Å². The first-order valence-corrected chi connectivity index (χ1v) is 6.08. The quantitative estimate of drug-likeness (QED) is 0.889. The molecular formula is C14H21F2NO. The Bertz CT molecular complexity index is 411. The molecule has 0 saturated carbocycles. The van der Waals surface area contributed by atoms with E-state index in [9.17, 15) is 8.78 Å². The molecule has 0 aromatic heterocycles. The van der Waals surface area contributed by atoms with Crippen LogP contribution >= 0.6 is 0 Å². The van der Waals surface area contributed by atoms with Gasteiger partial charge in [-0.05, 0) is 40.7 Å². The Kier molecular flexibility index (Phi) is 4.68. The van der Waals surface area contributed by atoms with Crippen molar-refractivity contribution in [1.82, 2.24) is 5.32 Å². The Morgan fingerprint density at radius 3 is 2.33 bits per heavy atom. The molecule has 0 heterocycles. The van der Waals surface area contributed by atoms with Gasteiger partial charge in [-0.25, -0.2) is 8.78 Å². The molecule has 0 aliphatic heterocycles. The highest BCUT2D eigenvalue weighted by Crippen LogP contribution is 2.26. The predicted octanol–water partition coefficient (Wildman–Crippen LogP) is 3.64. The fourth-order valence-corrected chi connectivity index (χ4v) is 1.47. The lowest BCUT2D eigenvalue weighted by Crippen LogP contribution is -2.35. The largest absolute Gasteiger partial charge is 0.488 e. The zero-order valence-electron chi connectivity index (χ0n) is 11.6. The van der Waals surface area contributed by atoms with Gasteiger partial charge in [-0.2, -0.15) is 0 Å². The van der Waals surface area contributed by atoms with Gasteiger partial charge in [0.2, 0.25) is 0 Å². The highest BCUT2D eigenvalue weighted by atomic mass is 19.1. The number of hydrogen-bond donors (Lipinski definition) is 1. The molecule has 1 aromatic carbocycles. The summed E-state index contributed by atoms with van der Waals surface area (Å²) in [7, 11) is 0. The second-order valence-corrected chi connectivity index (χ2v) is 5.65. The molecule has 1 N–H and O–H groups in total. The first-order valence-electron chi connectivity index (χ1n) is 6.08. The third-order valence-electron chi connectivity index (χ3n) is 2.25. The Morgan fingerprint density at radius 1 is 1.22 bits per heavy atom. The van der Waals surface area contributed by atoms with Crippen LogP contribution in [0.15, 0.2) is 12.1 Å². The zero-order chi connectivity index (χ0) is 13.9. The second-order valence-electron chi connectivity index (χ2n) is 5.65. The van der Waals surface area contributed by atoms with Crippen LogP contribution in [-0.2, 0) is 6.54 Å². The molecule has 0 bridgehead atoms. The van der Waals surface area contributed by atoms with Gasteiger partial charge in [-0.3, -0.25) is 0 Å². The molecule has 0 aliphatic rings. The minimum atomic E-state index is -0.658. The number of halogens is 2. The molecule has 0 aliphatic carbocycles. The van der Waals surface area contributed by atoms with Crippen LogP contribution in [-0.4, -0.2) is 11.6 Å².